The summed E-state index contributed by atoms with van der Waals surface area (Å²) in [6.45, 7) is 2.77. The van der Waals surface area contributed by atoms with Crippen molar-refractivity contribution in [2.75, 3.05) is 41.4 Å². The smallest absolute Gasteiger partial charge is 0.295 e. The van der Waals surface area contributed by atoms with Crippen LogP contribution in [0.3, 0.4) is 0 Å². The highest BCUT2D eigenvalue weighted by Crippen LogP contribution is 2.47. The number of Topliss-reactive ketones (excluding diaryl/α,β-unsaturated/α-hetero) is 1. The number of halogens is 2. The first kappa shape index (κ1) is 25.0. The van der Waals surface area contributed by atoms with E-state index in [1.54, 1.807) is 19.1 Å². The molecule has 1 amide bonds. The molecule has 1 N–H and O–H groups in total. The lowest BCUT2D eigenvalue weighted by atomic mass is 9.98. The van der Waals surface area contributed by atoms with E-state index in [0.29, 0.717) is 31.0 Å². The van der Waals surface area contributed by atoms with Crippen LogP contribution >= 0.6 is 23.2 Å². The van der Waals surface area contributed by atoms with Crippen LogP contribution in [0.2, 0.25) is 10.0 Å². The van der Waals surface area contributed by atoms with Gasteiger partial charge in [-0.05, 0) is 52.2 Å². The van der Waals surface area contributed by atoms with Crippen molar-refractivity contribution < 1.29 is 28.6 Å². The maximum Gasteiger partial charge on any atom is 0.295 e. The predicted molar refractivity (Wildman–Crippen MR) is 125 cm³/mol. The molecule has 33 heavy (non-hydrogen) atoms. The van der Waals surface area contributed by atoms with E-state index in [2.05, 4.69) is 0 Å². The van der Waals surface area contributed by atoms with E-state index in [1.165, 1.54) is 25.2 Å². The average Bonchev–Trinajstić information content (AvgIpc) is 3.29. The Morgan fingerprint density at radius 1 is 1.18 bits per heavy atom. The number of aliphatic hydroxyl groups is 1. The van der Waals surface area contributed by atoms with Gasteiger partial charge in [0.05, 0.1) is 30.4 Å². The van der Waals surface area contributed by atoms with Crippen molar-refractivity contribution >= 4 is 40.7 Å². The number of aryl methyl sites for hydroxylation is 1. The van der Waals surface area contributed by atoms with Crippen molar-refractivity contribution in [1.82, 2.24) is 9.80 Å². The molecule has 0 bridgehead atoms. The normalized spacial score (nSPS) is 17.8. The number of rotatable bonds is 8. The van der Waals surface area contributed by atoms with Gasteiger partial charge in [-0.3, -0.25) is 9.59 Å². The molecule has 1 aliphatic rings. The predicted octanol–water partition coefficient (Wildman–Crippen LogP) is 4.29. The average molecular weight is 497 g/mol. The number of hydrogen-bond donors (Lipinski definition) is 1. The lowest BCUT2D eigenvalue weighted by molar-refractivity contribution is -0.140. The molecule has 8 nitrogen and oxygen atoms in total. The van der Waals surface area contributed by atoms with Crippen LogP contribution < -0.4 is 9.47 Å². The fourth-order valence-electron chi connectivity index (χ4n) is 3.86. The Hall–Kier alpha value is -2.68. The minimum absolute atomic E-state index is 0.0275. The molecule has 178 valence electrons. The molecular formula is C23H26Cl2N2O6. The molecule has 10 heteroatoms. The molecule has 1 saturated heterocycles. The lowest BCUT2D eigenvalue weighted by Gasteiger charge is -2.24. The molecule has 1 unspecified atom stereocenters. The van der Waals surface area contributed by atoms with Crippen LogP contribution in [0.1, 0.15) is 29.5 Å². The van der Waals surface area contributed by atoms with Crippen molar-refractivity contribution in [3.63, 3.8) is 0 Å². The van der Waals surface area contributed by atoms with Crippen LogP contribution in [0.5, 0.6) is 11.5 Å². The van der Waals surface area contributed by atoms with Crippen LogP contribution in [0.15, 0.2) is 28.2 Å². The van der Waals surface area contributed by atoms with Gasteiger partial charge in [-0.2, -0.15) is 0 Å². The first-order valence-corrected chi connectivity index (χ1v) is 11.0. The highest BCUT2D eigenvalue weighted by atomic mass is 35.5. The van der Waals surface area contributed by atoms with E-state index in [0.717, 1.165) is 0 Å². The number of ether oxygens (including phenoxy) is 2. The fraction of sp³-hybridized carbons (Fsp3) is 0.391. The highest BCUT2D eigenvalue weighted by Gasteiger charge is 2.47. The SMILES string of the molecule is COc1c(Cl)cc(/C(O)=C2\C(=O)C(=O)N(CCCN(C)C)C2c2ccc(C)o2)c(OC)c1Cl. The Morgan fingerprint density at radius 3 is 2.39 bits per heavy atom. The maximum absolute atomic E-state index is 13.1. The molecule has 2 heterocycles. The summed E-state index contributed by atoms with van der Waals surface area (Å²) in [5, 5.41) is 11.4. The second kappa shape index (κ2) is 10.1. The van der Waals surface area contributed by atoms with Crippen molar-refractivity contribution in [2.45, 2.75) is 19.4 Å². The van der Waals surface area contributed by atoms with Crippen molar-refractivity contribution in [1.29, 1.82) is 0 Å². The Kier molecular flexibility index (Phi) is 7.62. The number of carbonyl (C=O) groups excluding carboxylic acids is 2. The molecule has 3 rings (SSSR count). The Balaban J connectivity index is 2.20. The molecular weight excluding hydrogens is 471 g/mol. The number of nitrogens with zero attached hydrogens (tertiary/aromatic N) is 2. The Morgan fingerprint density at radius 2 is 1.85 bits per heavy atom. The molecule has 1 fully saturated rings. The minimum Gasteiger partial charge on any atom is -0.507 e. The number of aliphatic hydroxyl groups excluding tert-OH is 1. The van der Waals surface area contributed by atoms with Crippen LogP contribution in [0.4, 0.5) is 0 Å². The number of benzene rings is 1. The molecule has 2 aromatic rings. The van der Waals surface area contributed by atoms with E-state index in [-0.39, 0.29) is 32.7 Å². The summed E-state index contributed by atoms with van der Waals surface area (Å²) in [5.41, 5.74) is -0.0670. The largest absolute Gasteiger partial charge is 0.507 e. The zero-order valence-corrected chi connectivity index (χ0v) is 20.6. The summed E-state index contributed by atoms with van der Waals surface area (Å²) in [6.07, 6.45) is 0.625. The minimum atomic E-state index is -0.912. The molecule has 0 spiro atoms. The summed E-state index contributed by atoms with van der Waals surface area (Å²) in [5.74, 6) is -0.830. The number of furan rings is 1. The van der Waals surface area contributed by atoms with Gasteiger partial charge in [0.15, 0.2) is 11.5 Å². The quantitative estimate of drug-likeness (QED) is 0.331. The number of hydrogen-bond acceptors (Lipinski definition) is 7. The molecule has 1 aromatic carbocycles. The standard InChI is InChI=1S/C23H26Cl2N2O6/c1-12-7-8-15(33-12)18-16(20(29)23(30)27(18)10-6-9-26(2)3)19(28)13-11-14(24)22(32-5)17(25)21(13)31-4/h7-8,11,18,28H,6,9-10H2,1-5H3/b19-16+. The van der Waals surface area contributed by atoms with Crippen molar-refractivity contribution in [3.05, 3.63) is 50.9 Å². The van der Waals surface area contributed by atoms with Crippen molar-refractivity contribution in [3.8, 4) is 11.5 Å². The Labute approximate surface area is 202 Å². The highest BCUT2D eigenvalue weighted by molar-refractivity contribution is 6.47. The zero-order valence-electron chi connectivity index (χ0n) is 19.1. The van der Waals surface area contributed by atoms with Crippen LogP contribution in [-0.2, 0) is 9.59 Å². The number of carbonyl (C=O) groups is 2. The Bertz CT molecular complexity index is 1110. The van der Waals surface area contributed by atoms with Gasteiger partial charge in [-0.15, -0.1) is 0 Å². The van der Waals surface area contributed by atoms with Gasteiger partial charge in [0.25, 0.3) is 11.7 Å². The summed E-state index contributed by atoms with van der Waals surface area (Å²) in [7, 11) is 6.60. The van der Waals surface area contributed by atoms with Gasteiger partial charge in [0.1, 0.15) is 28.3 Å². The zero-order chi connectivity index (χ0) is 24.4. The summed E-state index contributed by atoms with van der Waals surface area (Å²) in [6, 6.07) is 3.88. The third-order valence-electron chi connectivity index (χ3n) is 5.37. The van der Waals surface area contributed by atoms with Crippen LogP contribution in [0, 0.1) is 6.92 Å². The summed E-state index contributed by atoms with van der Waals surface area (Å²) >= 11 is 12.6. The van der Waals surface area contributed by atoms with Gasteiger partial charge in [-0.25, -0.2) is 0 Å². The monoisotopic (exact) mass is 496 g/mol. The number of likely N-dealkylation sites (tertiary alicyclic amines) is 1. The molecule has 1 aliphatic heterocycles. The van der Waals surface area contributed by atoms with Crippen LogP contribution in [0.25, 0.3) is 5.76 Å². The second-order valence-electron chi connectivity index (χ2n) is 7.88. The van der Waals surface area contributed by atoms with E-state index in [1.807, 2.05) is 19.0 Å². The summed E-state index contributed by atoms with van der Waals surface area (Å²) < 4.78 is 16.4. The lowest BCUT2D eigenvalue weighted by Crippen LogP contribution is -2.32. The molecule has 1 atom stereocenters. The maximum atomic E-state index is 13.1. The van der Waals surface area contributed by atoms with E-state index < -0.39 is 23.5 Å². The first-order valence-electron chi connectivity index (χ1n) is 10.2. The molecule has 0 aliphatic carbocycles. The van der Waals surface area contributed by atoms with Gasteiger partial charge in [0.2, 0.25) is 0 Å². The van der Waals surface area contributed by atoms with Gasteiger partial charge in [0, 0.05) is 6.54 Å². The van der Waals surface area contributed by atoms with E-state index >= 15 is 0 Å². The van der Waals surface area contributed by atoms with Crippen molar-refractivity contribution in [2.24, 2.45) is 0 Å². The molecule has 0 saturated carbocycles. The summed E-state index contributed by atoms with van der Waals surface area (Å²) in [4.78, 5) is 29.5. The van der Waals surface area contributed by atoms with Crippen LogP contribution in [-0.4, -0.2) is 68.0 Å². The van der Waals surface area contributed by atoms with E-state index in [9.17, 15) is 14.7 Å². The number of ketones is 1. The number of methoxy groups -OCH3 is 2. The van der Waals surface area contributed by atoms with Gasteiger partial charge >= 0.3 is 0 Å². The third kappa shape index (κ3) is 4.69. The van der Waals surface area contributed by atoms with E-state index in [4.69, 9.17) is 37.1 Å². The second-order valence-corrected chi connectivity index (χ2v) is 8.67. The van der Waals surface area contributed by atoms with Gasteiger partial charge < -0.3 is 28.8 Å². The van der Waals surface area contributed by atoms with Gasteiger partial charge in [-0.1, -0.05) is 23.2 Å². The fourth-order valence-corrected chi connectivity index (χ4v) is 4.54. The topological polar surface area (TPSA) is 92.5 Å². The number of amides is 1. The molecule has 1 aromatic heterocycles. The third-order valence-corrected chi connectivity index (χ3v) is 5.99. The molecule has 0 radical (unpaired) electrons. The first-order chi connectivity index (χ1) is 15.6.